The fourth-order valence-electron chi connectivity index (χ4n) is 2.21. The molecule has 0 aliphatic heterocycles. The summed E-state index contributed by atoms with van der Waals surface area (Å²) < 4.78 is 0. The molecule has 5 heteroatoms. The first kappa shape index (κ1) is 15.9. The maximum absolute atomic E-state index is 12.0. The van der Waals surface area contributed by atoms with E-state index in [-0.39, 0.29) is 11.8 Å². The predicted molar refractivity (Wildman–Crippen MR) is 89.2 cm³/mol. The number of benzene rings is 1. The summed E-state index contributed by atoms with van der Waals surface area (Å²) in [5.74, 6) is 0.903. The van der Waals surface area contributed by atoms with Crippen LogP contribution in [0.15, 0.2) is 36.7 Å². The number of nitrogens with zero attached hydrogens (tertiary/aromatic N) is 2. The van der Waals surface area contributed by atoms with E-state index in [1.54, 1.807) is 0 Å². The molecule has 0 aliphatic rings. The molecule has 1 aromatic carbocycles. The molecule has 0 aliphatic carbocycles. The second-order valence-electron chi connectivity index (χ2n) is 5.25. The average molecular weight is 298 g/mol. The number of anilines is 3. The SMILES string of the molecule is CCC(CC)C(=O)Nc1ccc(Nc2cc(C)ncn2)cc1. The van der Waals surface area contributed by atoms with Gasteiger partial charge in [-0.15, -0.1) is 0 Å². The number of aryl methyl sites for hydroxylation is 1. The van der Waals surface area contributed by atoms with Gasteiger partial charge in [0.05, 0.1) is 0 Å². The Kier molecular flexibility index (Phi) is 5.47. The van der Waals surface area contributed by atoms with E-state index in [4.69, 9.17) is 0 Å². The number of nitrogens with one attached hydrogen (secondary N) is 2. The minimum absolute atomic E-state index is 0.0711. The van der Waals surface area contributed by atoms with Gasteiger partial charge >= 0.3 is 0 Å². The summed E-state index contributed by atoms with van der Waals surface area (Å²) in [5.41, 5.74) is 2.63. The van der Waals surface area contributed by atoms with Crippen LogP contribution >= 0.6 is 0 Å². The van der Waals surface area contributed by atoms with Crippen molar-refractivity contribution in [1.82, 2.24) is 9.97 Å². The zero-order valence-corrected chi connectivity index (χ0v) is 13.3. The Morgan fingerprint density at radius 2 is 1.73 bits per heavy atom. The second-order valence-corrected chi connectivity index (χ2v) is 5.25. The molecule has 2 rings (SSSR count). The third-order valence-electron chi connectivity index (χ3n) is 3.59. The lowest BCUT2D eigenvalue weighted by molar-refractivity contribution is -0.120. The molecule has 0 radical (unpaired) electrons. The minimum atomic E-state index is 0.0711. The summed E-state index contributed by atoms with van der Waals surface area (Å²) in [7, 11) is 0. The highest BCUT2D eigenvalue weighted by molar-refractivity contribution is 5.92. The van der Waals surface area contributed by atoms with Crippen molar-refractivity contribution in [3.63, 3.8) is 0 Å². The van der Waals surface area contributed by atoms with Crippen LogP contribution in [0, 0.1) is 12.8 Å². The Hall–Kier alpha value is -2.43. The third kappa shape index (κ3) is 4.28. The zero-order valence-electron chi connectivity index (χ0n) is 13.3. The van der Waals surface area contributed by atoms with Gasteiger partial charge in [-0.2, -0.15) is 0 Å². The molecule has 2 aromatic rings. The fraction of sp³-hybridized carbons (Fsp3) is 0.353. The summed E-state index contributed by atoms with van der Waals surface area (Å²) in [6, 6.07) is 9.48. The number of hydrogen-bond donors (Lipinski definition) is 2. The van der Waals surface area contributed by atoms with Gasteiger partial charge in [0, 0.05) is 29.1 Å². The largest absolute Gasteiger partial charge is 0.340 e. The highest BCUT2D eigenvalue weighted by atomic mass is 16.1. The van der Waals surface area contributed by atoms with Crippen LogP contribution in [0.5, 0.6) is 0 Å². The lowest BCUT2D eigenvalue weighted by atomic mass is 10.0. The lowest BCUT2D eigenvalue weighted by Gasteiger charge is -2.13. The molecule has 22 heavy (non-hydrogen) atoms. The molecule has 0 saturated heterocycles. The molecule has 0 bridgehead atoms. The van der Waals surface area contributed by atoms with E-state index in [9.17, 15) is 4.79 Å². The van der Waals surface area contributed by atoms with Gasteiger partial charge in [-0.05, 0) is 44.0 Å². The zero-order chi connectivity index (χ0) is 15.9. The van der Waals surface area contributed by atoms with E-state index in [1.807, 2.05) is 51.1 Å². The third-order valence-corrected chi connectivity index (χ3v) is 3.59. The maximum atomic E-state index is 12.0. The van der Waals surface area contributed by atoms with Crippen molar-refractivity contribution in [3.05, 3.63) is 42.4 Å². The number of aromatic nitrogens is 2. The first-order chi connectivity index (χ1) is 10.6. The van der Waals surface area contributed by atoms with E-state index in [2.05, 4.69) is 20.6 Å². The lowest BCUT2D eigenvalue weighted by Crippen LogP contribution is -2.21. The van der Waals surface area contributed by atoms with Gasteiger partial charge in [0.2, 0.25) is 5.91 Å². The summed E-state index contributed by atoms with van der Waals surface area (Å²) in [6.45, 7) is 5.98. The van der Waals surface area contributed by atoms with Crippen molar-refractivity contribution < 1.29 is 4.79 Å². The van der Waals surface area contributed by atoms with E-state index in [0.717, 1.165) is 35.7 Å². The van der Waals surface area contributed by atoms with Crippen molar-refractivity contribution >= 4 is 23.1 Å². The molecule has 116 valence electrons. The van der Waals surface area contributed by atoms with Gasteiger partial charge < -0.3 is 10.6 Å². The van der Waals surface area contributed by atoms with Crippen LogP contribution in [0.25, 0.3) is 0 Å². The molecule has 0 saturated carbocycles. The number of carbonyl (C=O) groups is 1. The van der Waals surface area contributed by atoms with Gasteiger partial charge in [-0.25, -0.2) is 9.97 Å². The van der Waals surface area contributed by atoms with Gasteiger partial charge in [-0.3, -0.25) is 4.79 Å². The normalized spacial score (nSPS) is 10.5. The molecule has 1 amide bonds. The van der Waals surface area contributed by atoms with E-state index < -0.39 is 0 Å². The van der Waals surface area contributed by atoms with Crippen LogP contribution < -0.4 is 10.6 Å². The summed E-state index contributed by atoms with van der Waals surface area (Å²) in [6.07, 6.45) is 3.24. The highest BCUT2D eigenvalue weighted by Crippen LogP contribution is 2.19. The van der Waals surface area contributed by atoms with Crippen molar-refractivity contribution in [2.75, 3.05) is 10.6 Å². The van der Waals surface area contributed by atoms with Crippen LogP contribution in [0.1, 0.15) is 32.4 Å². The first-order valence-electron chi connectivity index (χ1n) is 7.59. The van der Waals surface area contributed by atoms with Crippen molar-refractivity contribution in [1.29, 1.82) is 0 Å². The van der Waals surface area contributed by atoms with Crippen LogP contribution in [-0.4, -0.2) is 15.9 Å². The maximum Gasteiger partial charge on any atom is 0.227 e. The average Bonchev–Trinajstić information content (AvgIpc) is 2.50. The van der Waals surface area contributed by atoms with Crippen molar-refractivity contribution in [2.24, 2.45) is 5.92 Å². The molecule has 0 atom stereocenters. The Morgan fingerprint density at radius 3 is 2.32 bits per heavy atom. The van der Waals surface area contributed by atoms with Gasteiger partial charge in [0.1, 0.15) is 12.1 Å². The Labute approximate surface area is 131 Å². The van der Waals surface area contributed by atoms with Crippen molar-refractivity contribution in [3.8, 4) is 0 Å². The highest BCUT2D eigenvalue weighted by Gasteiger charge is 2.13. The number of carbonyl (C=O) groups excluding carboxylic acids is 1. The Balaban J connectivity index is 2.00. The molecular formula is C17H22N4O. The topological polar surface area (TPSA) is 66.9 Å². The predicted octanol–water partition coefficient (Wildman–Crippen LogP) is 3.90. The molecule has 0 fully saturated rings. The fourth-order valence-corrected chi connectivity index (χ4v) is 2.21. The molecule has 1 aromatic heterocycles. The number of rotatable bonds is 6. The standard InChI is InChI=1S/C17H22N4O/c1-4-13(5-2)17(22)21-15-8-6-14(7-9-15)20-16-10-12(3)18-11-19-16/h6-11,13H,4-5H2,1-3H3,(H,21,22)(H,18,19,20). The van der Waals surface area contributed by atoms with Crippen molar-refractivity contribution in [2.45, 2.75) is 33.6 Å². The summed E-state index contributed by atoms with van der Waals surface area (Å²) in [5, 5.41) is 6.16. The van der Waals surface area contributed by atoms with E-state index >= 15 is 0 Å². The minimum Gasteiger partial charge on any atom is -0.340 e. The first-order valence-corrected chi connectivity index (χ1v) is 7.59. The Morgan fingerprint density at radius 1 is 1.09 bits per heavy atom. The molecule has 5 nitrogen and oxygen atoms in total. The molecule has 2 N–H and O–H groups in total. The van der Waals surface area contributed by atoms with Crippen LogP contribution in [0.2, 0.25) is 0 Å². The molecular weight excluding hydrogens is 276 g/mol. The van der Waals surface area contributed by atoms with Crippen LogP contribution in [0.3, 0.4) is 0 Å². The van der Waals surface area contributed by atoms with E-state index in [1.165, 1.54) is 6.33 Å². The molecule has 0 spiro atoms. The molecule has 1 heterocycles. The summed E-state index contributed by atoms with van der Waals surface area (Å²) in [4.78, 5) is 20.3. The van der Waals surface area contributed by atoms with Gasteiger partial charge in [0.15, 0.2) is 0 Å². The quantitative estimate of drug-likeness (QED) is 0.848. The number of hydrogen-bond acceptors (Lipinski definition) is 4. The second kappa shape index (κ2) is 7.54. The smallest absolute Gasteiger partial charge is 0.227 e. The summed E-state index contributed by atoms with van der Waals surface area (Å²) >= 11 is 0. The van der Waals surface area contributed by atoms with Gasteiger partial charge in [0.25, 0.3) is 0 Å². The Bertz CT molecular complexity index is 621. The van der Waals surface area contributed by atoms with Crippen LogP contribution in [-0.2, 0) is 4.79 Å². The van der Waals surface area contributed by atoms with Crippen LogP contribution in [0.4, 0.5) is 17.2 Å². The number of amides is 1. The molecule has 0 unspecified atom stereocenters. The van der Waals surface area contributed by atoms with Gasteiger partial charge in [-0.1, -0.05) is 13.8 Å². The van der Waals surface area contributed by atoms with E-state index in [0.29, 0.717) is 0 Å². The monoisotopic (exact) mass is 298 g/mol.